The lowest BCUT2D eigenvalue weighted by atomic mass is 10.1. The number of nitrogens with zero attached hydrogens (tertiary/aromatic N) is 2. The molecule has 0 saturated carbocycles. The zero-order valence-corrected chi connectivity index (χ0v) is 10.0. The van der Waals surface area contributed by atoms with Crippen LogP contribution < -0.4 is 5.73 Å². The summed E-state index contributed by atoms with van der Waals surface area (Å²) in [5.41, 5.74) is 7.88. The van der Waals surface area contributed by atoms with Gasteiger partial charge >= 0.3 is 0 Å². The van der Waals surface area contributed by atoms with Crippen LogP contribution in [-0.2, 0) is 6.54 Å². The first kappa shape index (κ1) is 11.2. The van der Waals surface area contributed by atoms with E-state index in [1.165, 1.54) is 0 Å². The average Bonchev–Trinajstić information content (AvgIpc) is 2.83. The van der Waals surface area contributed by atoms with Gasteiger partial charge in [0.25, 0.3) is 0 Å². The van der Waals surface area contributed by atoms with Crippen molar-refractivity contribution in [2.75, 3.05) is 0 Å². The molecule has 4 nitrogen and oxygen atoms in total. The highest BCUT2D eigenvalue weighted by atomic mass is 35.5. The van der Waals surface area contributed by atoms with Gasteiger partial charge in [0, 0.05) is 12.1 Å². The van der Waals surface area contributed by atoms with Gasteiger partial charge in [-0.05, 0) is 19.9 Å². The van der Waals surface area contributed by atoms with Crippen molar-refractivity contribution in [3.8, 4) is 0 Å². The van der Waals surface area contributed by atoms with Crippen molar-refractivity contribution < 1.29 is 4.42 Å². The smallest absolute Gasteiger partial charge is 0.101 e. The lowest BCUT2D eigenvalue weighted by Crippen LogP contribution is -2.17. The number of aromatic nitrogens is 2. The second kappa shape index (κ2) is 4.31. The van der Waals surface area contributed by atoms with E-state index in [2.05, 4.69) is 5.10 Å². The molecule has 0 aromatic carbocycles. The third-order valence-electron chi connectivity index (χ3n) is 2.54. The largest absolute Gasteiger partial charge is 0.469 e. The van der Waals surface area contributed by atoms with Crippen LogP contribution in [0.15, 0.2) is 22.9 Å². The van der Waals surface area contributed by atoms with Crippen LogP contribution >= 0.6 is 11.6 Å². The Bertz CT molecular complexity index is 489. The van der Waals surface area contributed by atoms with Crippen LogP contribution in [0.1, 0.15) is 30.0 Å². The Morgan fingerprint density at radius 2 is 2.38 bits per heavy atom. The standard InChI is InChI=1S/C11H14ClN3O/c1-3-15-11(9(12)5-14-15)10(13)8-4-7(2)16-6-8/h4-6,10H,3,13H2,1-2H3. The topological polar surface area (TPSA) is 57.0 Å². The fraction of sp³-hybridized carbons (Fsp3) is 0.364. The number of furan rings is 1. The molecular formula is C11H14ClN3O. The zero-order chi connectivity index (χ0) is 11.7. The summed E-state index contributed by atoms with van der Waals surface area (Å²) in [6.45, 7) is 4.63. The van der Waals surface area contributed by atoms with Gasteiger partial charge in [-0.2, -0.15) is 5.10 Å². The number of nitrogens with two attached hydrogens (primary N) is 1. The van der Waals surface area contributed by atoms with Gasteiger partial charge in [0.2, 0.25) is 0 Å². The molecule has 2 heterocycles. The summed E-state index contributed by atoms with van der Waals surface area (Å²) in [6.07, 6.45) is 3.27. The van der Waals surface area contributed by atoms with Gasteiger partial charge in [-0.1, -0.05) is 11.6 Å². The van der Waals surface area contributed by atoms with Crippen molar-refractivity contribution >= 4 is 11.6 Å². The molecule has 0 fully saturated rings. The molecule has 0 spiro atoms. The molecule has 0 amide bonds. The van der Waals surface area contributed by atoms with E-state index in [0.717, 1.165) is 23.6 Å². The normalized spacial score (nSPS) is 13.0. The Morgan fingerprint density at radius 3 is 2.94 bits per heavy atom. The van der Waals surface area contributed by atoms with Crippen LogP contribution in [0.5, 0.6) is 0 Å². The lowest BCUT2D eigenvalue weighted by molar-refractivity contribution is 0.528. The lowest BCUT2D eigenvalue weighted by Gasteiger charge is -2.12. The minimum absolute atomic E-state index is 0.299. The first-order chi connectivity index (χ1) is 7.63. The van der Waals surface area contributed by atoms with E-state index in [1.54, 1.807) is 17.1 Å². The number of rotatable bonds is 3. The first-order valence-corrected chi connectivity index (χ1v) is 5.53. The molecule has 2 rings (SSSR count). The van der Waals surface area contributed by atoms with Crippen LogP contribution in [0.25, 0.3) is 0 Å². The summed E-state index contributed by atoms with van der Waals surface area (Å²) >= 11 is 6.08. The fourth-order valence-corrected chi connectivity index (χ4v) is 1.98. The molecular weight excluding hydrogens is 226 g/mol. The van der Waals surface area contributed by atoms with Crippen LogP contribution in [-0.4, -0.2) is 9.78 Å². The highest BCUT2D eigenvalue weighted by Gasteiger charge is 2.19. The van der Waals surface area contributed by atoms with Gasteiger partial charge in [0.05, 0.1) is 29.2 Å². The molecule has 0 aliphatic rings. The van der Waals surface area contributed by atoms with Crippen molar-refractivity contribution in [3.63, 3.8) is 0 Å². The maximum absolute atomic E-state index is 6.15. The zero-order valence-electron chi connectivity index (χ0n) is 9.27. The van der Waals surface area contributed by atoms with Crippen LogP contribution in [0.2, 0.25) is 5.02 Å². The minimum Gasteiger partial charge on any atom is -0.469 e. The summed E-state index contributed by atoms with van der Waals surface area (Å²) in [5.74, 6) is 0.837. The van der Waals surface area contributed by atoms with Gasteiger partial charge in [0.1, 0.15) is 5.76 Å². The summed E-state index contributed by atoms with van der Waals surface area (Å²) in [7, 11) is 0. The molecule has 0 radical (unpaired) electrons. The molecule has 16 heavy (non-hydrogen) atoms. The quantitative estimate of drug-likeness (QED) is 0.895. The van der Waals surface area contributed by atoms with Crippen LogP contribution in [0.3, 0.4) is 0 Å². The molecule has 1 unspecified atom stereocenters. The van der Waals surface area contributed by atoms with E-state index in [4.69, 9.17) is 21.8 Å². The highest BCUT2D eigenvalue weighted by molar-refractivity contribution is 6.31. The molecule has 1 atom stereocenters. The van der Waals surface area contributed by atoms with Gasteiger partial charge in [-0.15, -0.1) is 0 Å². The molecule has 0 saturated heterocycles. The molecule has 0 aliphatic heterocycles. The Morgan fingerprint density at radius 1 is 1.62 bits per heavy atom. The average molecular weight is 240 g/mol. The van der Waals surface area contributed by atoms with Crippen molar-refractivity contribution in [1.29, 1.82) is 0 Å². The van der Waals surface area contributed by atoms with Crippen molar-refractivity contribution in [2.45, 2.75) is 26.4 Å². The van der Waals surface area contributed by atoms with Gasteiger partial charge in [0.15, 0.2) is 0 Å². The molecule has 2 N–H and O–H groups in total. The molecule has 2 aromatic rings. The van der Waals surface area contributed by atoms with Crippen LogP contribution in [0.4, 0.5) is 0 Å². The van der Waals surface area contributed by atoms with E-state index < -0.39 is 0 Å². The van der Waals surface area contributed by atoms with Crippen molar-refractivity contribution in [1.82, 2.24) is 9.78 Å². The van der Waals surface area contributed by atoms with Gasteiger partial charge in [-0.3, -0.25) is 4.68 Å². The fourth-order valence-electron chi connectivity index (χ4n) is 1.72. The summed E-state index contributed by atoms with van der Waals surface area (Å²) < 4.78 is 7.05. The van der Waals surface area contributed by atoms with Gasteiger partial charge in [-0.25, -0.2) is 0 Å². The predicted octanol–water partition coefficient (Wildman–Crippen LogP) is 2.51. The van der Waals surface area contributed by atoms with E-state index in [9.17, 15) is 0 Å². The number of hydrogen-bond donors (Lipinski definition) is 1. The predicted molar refractivity (Wildman–Crippen MR) is 62.4 cm³/mol. The van der Waals surface area contributed by atoms with Gasteiger partial charge < -0.3 is 10.2 Å². The second-order valence-corrected chi connectivity index (χ2v) is 4.07. The highest BCUT2D eigenvalue weighted by Crippen LogP contribution is 2.27. The summed E-state index contributed by atoms with van der Waals surface area (Å²) in [5, 5.41) is 4.75. The molecule has 0 aliphatic carbocycles. The van der Waals surface area contributed by atoms with E-state index in [1.807, 2.05) is 19.9 Å². The Labute approximate surface area is 99.0 Å². The summed E-state index contributed by atoms with van der Waals surface area (Å²) in [6, 6.07) is 1.61. The third kappa shape index (κ3) is 1.86. The number of halogens is 1. The maximum Gasteiger partial charge on any atom is 0.101 e. The number of hydrogen-bond acceptors (Lipinski definition) is 3. The Balaban J connectivity index is 2.40. The molecule has 86 valence electrons. The first-order valence-electron chi connectivity index (χ1n) is 5.15. The minimum atomic E-state index is -0.299. The molecule has 5 heteroatoms. The van der Waals surface area contributed by atoms with Crippen molar-refractivity contribution in [3.05, 3.63) is 40.6 Å². The Kier molecular flexibility index (Phi) is 3.03. The monoisotopic (exact) mass is 239 g/mol. The SMILES string of the molecule is CCn1ncc(Cl)c1C(N)c1coc(C)c1. The summed E-state index contributed by atoms with van der Waals surface area (Å²) in [4.78, 5) is 0. The van der Waals surface area contributed by atoms with E-state index >= 15 is 0 Å². The van der Waals surface area contributed by atoms with E-state index in [-0.39, 0.29) is 6.04 Å². The Hall–Kier alpha value is -1.26. The molecule has 2 aromatic heterocycles. The van der Waals surface area contributed by atoms with Crippen LogP contribution in [0, 0.1) is 6.92 Å². The number of aryl methyl sites for hydroxylation is 2. The molecule has 0 bridgehead atoms. The third-order valence-corrected chi connectivity index (χ3v) is 2.83. The van der Waals surface area contributed by atoms with E-state index in [0.29, 0.717) is 5.02 Å². The second-order valence-electron chi connectivity index (χ2n) is 3.66. The maximum atomic E-state index is 6.15. The van der Waals surface area contributed by atoms with Crippen molar-refractivity contribution in [2.24, 2.45) is 5.73 Å².